The lowest BCUT2D eigenvalue weighted by Gasteiger charge is -2.29. The number of hydrogen-bond donors (Lipinski definition) is 0. The van der Waals surface area contributed by atoms with Gasteiger partial charge in [0.15, 0.2) is 0 Å². The molecule has 1 fully saturated rings. The van der Waals surface area contributed by atoms with Crippen molar-refractivity contribution in [1.82, 2.24) is 5.06 Å². The van der Waals surface area contributed by atoms with E-state index < -0.39 is 0 Å². The quantitative estimate of drug-likeness (QED) is 0.531. The fourth-order valence-corrected chi connectivity index (χ4v) is 1.36. The van der Waals surface area contributed by atoms with Gasteiger partial charge in [-0.3, -0.25) is 9.90 Å². The van der Waals surface area contributed by atoms with Crippen LogP contribution in [0.25, 0.3) is 0 Å². The van der Waals surface area contributed by atoms with Crippen molar-refractivity contribution in [3.05, 3.63) is 12.3 Å². The van der Waals surface area contributed by atoms with Gasteiger partial charge >= 0.3 is 0 Å². The minimum Gasteiger partial charge on any atom is -0.274 e. The topological polar surface area (TPSA) is 12.5 Å². The highest BCUT2D eigenvalue weighted by atomic mass is 16.7. The van der Waals surface area contributed by atoms with Crippen molar-refractivity contribution >= 4 is 0 Å². The summed E-state index contributed by atoms with van der Waals surface area (Å²) < 4.78 is 0. The fraction of sp³-hybridized carbons (Fsp3) is 0.778. The summed E-state index contributed by atoms with van der Waals surface area (Å²) in [6.45, 7) is 9.24. The normalized spacial score (nSPS) is 25.0. The molecule has 1 saturated heterocycles. The Labute approximate surface area is 68.8 Å². The van der Waals surface area contributed by atoms with Crippen LogP contribution in [0.1, 0.15) is 26.7 Å². The fourth-order valence-electron chi connectivity index (χ4n) is 1.36. The van der Waals surface area contributed by atoms with E-state index in [1.807, 2.05) is 7.05 Å². The molecule has 0 aromatic heterocycles. The first-order valence-corrected chi connectivity index (χ1v) is 4.10. The van der Waals surface area contributed by atoms with E-state index in [9.17, 15) is 0 Å². The molecule has 0 radical (unpaired) electrons. The second kappa shape index (κ2) is 2.86. The van der Waals surface area contributed by atoms with Gasteiger partial charge in [0.05, 0.1) is 6.61 Å². The summed E-state index contributed by atoms with van der Waals surface area (Å²) in [5, 5.41) is 1.80. The molecule has 0 aromatic carbocycles. The Morgan fingerprint density at radius 2 is 2.18 bits per heavy atom. The first kappa shape index (κ1) is 8.60. The Bertz CT molecular complexity index is 163. The van der Waals surface area contributed by atoms with Crippen molar-refractivity contribution in [3.8, 4) is 0 Å². The van der Waals surface area contributed by atoms with Crippen LogP contribution in [0.15, 0.2) is 12.3 Å². The van der Waals surface area contributed by atoms with Crippen LogP contribution < -0.4 is 0 Å². The van der Waals surface area contributed by atoms with E-state index >= 15 is 0 Å². The van der Waals surface area contributed by atoms with Crippen LogP contribution in [0, 0.1) is 5.41 Å². The molecular weight excluding hydrogens is 138 g/mol. The summed E-state index contributed by atoms with van der Waals surface area (Å²) in [6, 6.07) is 0. The van der Waals surface area contributed by atoms with Crippen LogP contribution in [0.2, 0.25) is 0 Å². The van der Waals surface area contributed by atoms with E-state index in [2.05, 4.69) is 20.4 Å². The van der Waals surface area contributed by atoms with Crippen LogP contribution in [0.5, 0.6) is 0 Å². The zero-order chi connectivity index (χ0) is 8.48. The van der Waals surface area contributed by atoms with Crippen molar-refractivity contribution in [2.24, 2.45) is 5.41 Å². The maximum atomic E-state index is 5.38. The van der Waals surface area contributed by atoms with Gasteiger partial charge in [0, 0.05) is 18.2 Å². The lowest BCUT2D eigenvalue weighted by Crippen LogP contribution is -2.25. The first-order valence-electron chi connectivity index (χ1n) is 4.10. The highest BCUT2D eigenvalue weighted by molar-refractivity contribution is 5.03. The van der Waals surface area contributed by atoms with Crippen LogP contribution in [-0.2, 0) is 4.84 Å². The second-order valence-electron chi connectivity index (χ2n) is 3.76. The molecule has 11 heavy (non-hydrogen) atoms. The molecule has 0 aromatic rings. The maximum Gasteiger partial charge on any atom is 0.0748 e. The lowest BCUT2D eigenvalue weighted by molar-refractivity contribution is -0.111. The third-order valence-electron chi connectivity index (χ3n) is 2.39. The molecule has 64 valence electrons. The van der Waals surface area contributed by atoms with Crippen LogP contribution >= 0.6 is 0 Å². The van der Waals surface area contributed by atoms with Crippen molar-refractivity contribution in [3.63, 3.8) is 0 Å². The molecule has 0 spiro atoms. The summed E-state index contributed by atoms with van der Waals surface area (Å²) >= 11 is 0. The van der Waals surface area contributed by atoms with Crippen molar-refractivity contribution in [2.45, 2.75) is 26.7 Å². The van der Waals surface area contributed by atoms with E-state index in [4.69, 9.17) is 4.84 Å². The summed E-state index contributed by atoms with van der Waals surface area (Å²) in [4.78, 5) is 5.38. The minimum atomic E-state index is 0.200. The Morgan fingerprint density at radius 1 is 1.55 bits per heavy atom. The molecule has 0 atom stereocenters. The highest BCUT2D eigenvalue weighted by Crippen LogP contribution is 2.34. The average molecular weight is 155 g/mol. The van der Waals surface area contributed by atoms with E-state index in [0.717, 1.165) is 25.1 Å². The molecule has 1 heterocycles. The van der Waals surface area contributed by atoms with Crippen LogP contribution in [-0.4, -0.2) is 18.7 Å². The minimum absolute atomic E-state index is 0.200. The Balaban J connectivity index is 2.73. The van der Waals surface area contributed by atoms with Gasteiger partial charge in [-0.1, -0.05) is 20.4 Å². The molecule has 1 aliphatic rings. The monoisotopic (exact) mass is 155 g/mol. The van der Waals surface area contributed by atoms with Crippen molar-refractivity contribution in [2.75, 3.05) is 13.7 Å². The number of allylic oxidation sites excluding steroid dienone is 1. The maximum absolute atomic E-state index is 5.38. The predicted octanol–water partition coefficient (Wildman–Crippen LogP) is 2.18. The van der Waals surface area contributed by atoms with Gasteiger partial charge in [-0.05, 0) is 12.8 Å². The van der Waals surface area contributed by atoms with Gasteiger partial charge in [0.2, 0.25) is 0 Å². The molecule has 0 unspecified atom stereocenters. The van der Waals surface area contributed by atoms with Crippen molar-refractivity contribution in [1.29, 1.82) is 0 Å². The Morgan fingerprint density at radius 3 is 2.82 bits per heavy atom. The van der Waals surface area contributed by atoms with Crippen molar-refractivity contribution < 1.29 is 4.84 Å². The molecule has 0 aliphatic carbocycles. The lowest BCUT2D eigenvalue weighted by atomic mass is 9.85. The van der Waals surface area contributed by atoms with Gasteiger partial charge in [0.25, 0.3) is 0 Å². The Hall–Kier alpha value is -0.500. The molecule has 2 nitrogen and oxygen atoms in total. The number of hydroxylamine groups is 2. The van der Waals surface area contributed by atoms with Gasteiger partial charge in [0.1, 0.15) is 0 Å². The average Bonchev–Trinajstić information content (AvgIpc) is 2.03. The summed E-state index contributed by atoms with van der Waals surface area (Å²) in [5.41, 5.74) is 1.28. The highest BCUT2D eigenvalue weighted by Gasteiger charge is 2.27. The van der Waals surface area contributed by atoms with E-state index in [-0.39, 0.29) is 5.41 Å². The summed E-state index contributed by atoms with van der Waals surface area (Å²) in [5.74, 6) is 0. The second-order valence-corrected chi connectivity index (χ2v) is 3.76. The molecular formula is C9H17NO. The number of hydrogen-bond acceptors (Lipinski definition) is 2. The summed E-state index contributed by atoms with van der Waals surface area (Å²) in [6.07, 6.45) is 2.28. The molecule has 0 amide bonds. The first-order chi connectivity index (χ1) is 5.04. The molecule has 0 saturated carbocycles. The number of rotatable bonds is 0. The molecule has 1 rings (SSSR count). The number of nitrogens with zero attached hydrogens (tertiary/aromatic N) is 1. The standard InChI is InChI=1S/C9H17NO/c1-8-9(2,3)6-5-7-11-10(8)4/h1,5-7H2,2-4H3. The SMILES string of the molecule is C=C1N(C)OCCCC1(C)C. The zero-order valence-electron chi connectivity index (χ0n) is 7.68. The molecule has 0 bridgehead atoms. The molecule has 2 heteroatoms. The van der Waals surface area contributed by atoms with Gasteiger partial charge in [-0.15, -0.1) is 0 Å². The zero-order valence-corrected chi connectivity index (χ0v) is 7.68. The third-order valence-corrected chi connectivity index (χ3v) is 2.39. The van der Waals surface area contributed by atoms with E-state index in [1.165, 1.54) is 0 Å². The van der Waals surface area contributed by atoms with Crippen LogP contribution in [0.3, 0.4) is 0 Å². The summed E-state index contributed by atoms with van der Waals surface area (Å²) in [7, 11) is 1.93. The van der Waals surface area contributed by atoms with Gasteiger partial charge in [-0.2, -0.15) is 0 Å². The van der Waals surface area contributed by atoms with Gasteiger partial charge in [-0.25, -0.2) is 0 Å². The predicted molar refractivity (Wildman–Crippen MR) is 45.9 cm³/mol. The van der Waals surface area contributed by atoms with E-state index in [1.54, 1.807) is 5.06 Å². The molecule has 1 aliphatic heterocycles. The van der Waals surface area contributed by atoms with Crippen LogP contribution in [0.4, 0.5) is 0 Å². The molecule has 0 N–H and O–H groups in total. The van der Waals surface area contributed by atoms with Gasteiger partial charge < -0.3 is 0 Å². The Kier molecular flexibility index (Phi) is 2.23. The van der Waals surface area contributed by atoms with E-state index in [0.29, 0.717) is 0 Å². The third kappa shape index (κ3) is 1.74. The largest absolute Gasteiger partial charge is 0.274 e. The smallest absolute Gasteiger partial charge is 0.0748 e.